The number of alkyl halides is 2. The van der Waals surface area contributed by atoms with Gasteiger partial charge in [-0.05, 0) is 0 Å². The van der Waals surface area contributed by atoms with E-state index in [9.17, 15) is 26.3 Å². The van der Waals surface area contributed by atoms with E-state index >= 15 is 0 Å². The van der Waals surface area contributed by atoms with Gasteiger partial charge in [0.15, 0.2) is 23.3 Å². The first-order valence-electron chi connectivity index (χ1n) is 4.21. The molecular weight excluding hydrogens is 236 g/mol. The fourth-order valence-corrected chi connectivity index (χ4v) is 1.54. The van der Waals surface area contributed by atoms with Gasteiger partial charge in [-0.25, -0.2) is 26.3 Å². The lowest BCUT2D eigenvalue weighted by molar-refractivity contribution is 0.0866. The fraction of sp³-hybridized carbons (Fsp3) is 0.333. The third kappa shape index (κ3) is 1.24. The van der Waals surface area contributed by atoms with Crippen molar-refractivity contribution in [1.82, 2.24) is 0 Å². The minimum Gasteiger partial charge on any atom is -0.316 e. The highest BCUT2D eigenvalue weighted by Crippen LogP contribution is 2.58. The maximum atomic E-state index is 13.1. The summed E-state index contributed by atoms with van der Waals surface area (Å²) in [7, 11) is 0. The predicted octanol–water partition coefficient (Wildman–Crippen LogP) is 2.44. The van der Waals surface area contributed by atoms with Gasteiger partial charge in [0.1, 0.15) is 5.54 Å². The van der Waals surface area contributed by atoms with Crippen molar-refractivity contribution in [2.24, 2.45) is 5.73 Å². The van der Waals surface area contributed by atoms with Gasteiger partial charge in [0.05, 0.1) is 5.56 Å². The van der Waals surface area contributed by atoms with Crippen LogP contribution < -0.4 is 5.73 Å². The van der Waals surface area contributed by atoms with E-state index in [2.05, 4.69) is 0 Å². The molecule has 1 aromatic carbocycles. The predicted molar refractivity (Wildman–Crippen MR) is 41.7 cm³/mol. The maximum absolute atomic E-state index is 13.1. The molecule has 1 nitrogen and oxygen atoms in total. The first-order valence-corrected chi connectivity index (χ1v) is 4.21. The van der Waals surface area contributed by atoms with Crippen LogP contribution in [0.25, 0.3) is 0 Å². The van der Waals surface area contributed by atoms with Crippen LogP contribution in [0, 0.1) is 23.3 Å². The zero-order valence-electron chi connectivity index (χ0n) is 7.63. The van der Waals surface area contributed by atoms with E-state index in [0.717, 1.165) is 0 Å². The summed E-state index contributed by atoms with van der Waals surface area (Å²) in [6, 6.07) is -0.0575. The second kappa shape index (κ2) is 2.91. The Bertz CT molecular complexity index is 445. The van der Waals surface area contributed by atoms with Crippen molar-refractivity contribution < 1.29 is 26.3 Å². The average molecular weight is 241 g/mol. The van der Waals surface area contributed by atoms with Gasteiger partial charge in [0.2, 0.25) is 0 Å². The van der Waals surface area contributed by atoms with Crippen molar-refractivity contribution in [2.45, 2.75) is 17.9 Å². The van der Waals surface area contributed by atoms with Crippen molar-refractivity contribution in [1.29, 1.82) is 0 Å². The Labute approximate surface area is 85.9 Å². The van der Waals surface area contributed by atoms with Crippen molar-refractivity contribution in [3.63, 3.8) is 0 Å². The number of hydrogen-bond donors (Lipinski definition) is 1. The van der Waals surface area contributed by atoms with Crippen LogP contribution in [0.1, 0.15) is 12.0 Å². The molecule has 0 aliphatic heterocycles. The van der Waals surface area contributed by atoms with E-state index in [4.69, 9.17) is 5.73 Å². The number of benzene rings is 1. The number of rotatable bonds is 1. The van der Waals surface area contributed by atoms with Crippen LogP contribution in [0.5, 0.6) is 0 Å². The van der Waals surface area contributed by atoms with E-state index in [1.54, 1.807) is 0 Å². The molecule has 0 aromatic heterocycles. The highest BCUT2D eigenvalue weighted by atomic mass is 19.3. The lowest BCUT2D eigenvalue weighted by atomic mass is 10.0. The van der Waals surface area contributed by atoms with Gasteiger partial charge in [0.25, 0.3) is 5.92 Å². The molecule has 1 fully saturated rings. The molecule has 7 heteroatoms. The zero-order valence-corrected chi connectivity index (χ0v) is 7.63. The Hall–Kier alpha value is -1.24. The second-order valence-corrected chi connectivity index (χ2v) is 3.70. The summed E-state index contributed by atoms with van der Waals surface area (Å²) >= 11 is 0. The van der Waals surface area contributed by atoms with Crippen molar-refractivity contribution in [3.8, 4) is 0 Å². The standard InChI is InChI=1S/C9H5F6N/c10-3-1-4(11)7(13)5(6(3)12)8(16)2-9(8,14)15/h1H,2,16H2. The molecule has 0 bridgehead atoms. The second-order valence-electron chi connectivity index (χ2n) is 3.70. The summed E-state index contributed by atoms with van der Waals surface area (Å²) in [4.78, 5) is 0. The molecule has 88 valence electrons. The Morgan fingerprint density at radius 2 is 1.38 bits per heavy atom. The molecule has 0 heterocycles. The topological polar surface area (TPSA) is 26.0 Å². The van der Waals surface area contributed by atoms with E-state index in [-0.39, 0.29) is 6.07 Å². The van der Waals surface area contributed by atoms with Crippen molar-refractivity contribution in [2.75, 3.05) is 0 Å². The van der Waals surface area contributed by atoms with E-state index in [1.165, 1.54) is 0 Å². The van der Waals surface area contributed by atoms with Gasteiger partial charge in [-0.2, -0.15) is 0 Å². The van der Waals surface area contributed by atoms with Gasteiger partial charge < -0.3 is 5.73 Å². The van der Waals surface area contributed by atoms with Crippen LogP contribution in [0.3, 0.4) is 0 Å². The average Bonchev–Trinajstić information content (AvgIpc) is 2.63. The van der Waals surface area contributed by atoms with Crippen molar-refractivity contribution >= 4 is 0 Å². The molecule has 1 unspecified atom stereocenters. The highest BCUT2D eigenvalue weighted by Gasteiger charge is 2.72. The van der Waals surface area contributed by atoms with Crippen LogP contribution in [0.15, 0.2) is 6.07 Å². The third-order valence-corrected chi connectivity index (χ3v) is 2.59. The van der Waals surface area contributed by atoms with Gasteiger partial charge in [0, 0.05) is 12.5 Å². The molecule has 0 amide bonds. The molecule has 1 aliphatic carbocycles. The summed E-state index contributed by atoms with van der Waals surface area (Å²) in [5.41, 5.74) is 0.924. The molecule has 16 heavy (non-hydrogen) atoms. The summed E-state index contributed by atoms with van der Waals surface area (Å²) in [6.07, 6.45) is -1.04. The van der Waals surface area contributed by atoms with Crippen LogP contribution in [0.2, 0.25) is 0 Å². The lowest BCUT2D eigenvalue weighted by Crippen LogP contribution is -2.30. The van der Waals surface area contributed by atoms with E-state index in [0.29, 0.717) is 0 Å². The van der Waals surface area contributed by atoms with Crippen molar-refractivity contribution in [3.05, 3.63) is 34.9 Å². The number of hydrogen-bond acceptors (Lipinski definition) is 1. The molecule has 2 rings (SSSR count). The lowest BCUT2D eigenvalue weighted by Gasteiger charge is -2.13. The Morgan fingerprint density at radius 1 is 1.00 bits per heavy atom. The van der Waals surface area contributed by atoms with Crippen LogP contribution in [-0.2, 0) is 5.54 Å². The molecule has 0 radical (unpaired) electrons. The van der Waals surface area contributed by atoms with Gasteiger partial charge in [-0.3, -0.25) is 0 Å². The molecule has 1 aliphatic rings. The maximum Gasteiger partial charge on any atom is 0.272 e. The molecule has 0 saturated heterocycles. The first-order chi connectivity index (χ1) is 7.21. The van der Waals surface area contributed by atoms with Crippen LogP contribution >= 0.6 is 0 Å². The van der Waals surface area contributed by atoms with E-state index < -0.39 is 46.7 Å². The Kier molecular flexibility index (Phi) is 2.04. The monoisotopic (exact) mass is 241 g/mol. The Morgan fingerprint density at radius 3 is 1.69 bits per heavy atom. The van der Waals surface area contributed by atoms with Gasteiger partial charge in [-0.1, -0.05) is 0 Å². The molecular formula is C9H5F6N. The van der Waals surface area contributed by atoms with Gasteiger partial charge >= 0.3 is 0 Å². The molecule has 1 aromatic rings. The van der Waals surface area contributed by atoms with Crippen LogP contribution in [-0.4, -0.2) is 5.92 Å². The summed E-state index contributed by atoms with van der Waals surface area (Å²) in [5, 5.41) is 0. The van der Waals surface area contributed by atoms with Crippen LogP contribution in [0.4, 0.5) is 26.3 Å². The third-order valence-electron chi connectivity index (χ3n) is 2.59. The SMILES string of the molecule is NC1(c2c(F)c(F)cc(F)c2F)CC1(F)F. The minimum atomic E-state index is -3.56. The largest absolute Gasteiger partial charge is 0.316 e. The van der Waals surface area contributed by atoms with E-state index in [1.807, 2.05) is 0 Å². The quantitative estimate of drug-likeness (QED) is 0.593. The summed E-state index contributed by atoms with van der Waals surface area (Å²) in [6.45, 7) is 0. The first kappa shape index (κ1) is 11.3. The summed E-state index contributed by atoms with van der Waals surface area (Å²) in [5.74, 6) is -10.8. The molecule has 1 saturated carbocycles. The normalized spacial score (nSPS) is 26.9. The Balaban J connectivity index is 2.67. The molecule has 0 spiro atoms. The highest BCUT2D eigenvalue weighted by molar-refractivity contribution is 5.39. The zero-order chi connectivity index (χ0) is 12.3. The molecule has 1 atom stereocenters. The molecule has 2 N–H and O–H groups in total. The number of nitrogens with two attached hydrogens (primary N) is 1. The number of halogens is 6. The van der Waals surface area contributed by atoms with Gasteiger partial charge in [-0.15, -0.1) is 0 Å². The smallest absolute Gasteiger partial charge is 0.272 e. The summed E-state index contributed by atoms with van der Waals surface area (Å²) < 4.78 is 77.3. The fourth-order valence-electron chi connectivity index (χ4n) is 1.54. The minimum absolute atomic E-state index is 0.0575.